The van der Waals surface area contributed by atoms with E-state index in [1.807, 2.05) is 39.8 Å². The first-order valence-corrected chi connectivity index (χ1v) is 13.6. The first-order valence-electron chi connectivity index (χ1n) is 13.6. The van der Waals surface area contributed by atoms with Crippen LogP contribution in [0.2, 0.25) is 0 Å². The number of rotatable bonds is 4. The quantitative estimate of drug-likeness (QED) is 0.440. The zero-order valence-corrected chi connectivity index (χ0v) is 24.7. The molecule has 0 unspecified atom stereocenters. The molecule has 6 nitrogen and oxygen atoms in total. The summed E-state index contributed by atoms with van der Waals surface area (Å²) in [6.45, 7) is 18.2. The van der Waals surface area contributed by atoms with Gasteiger partial charge in [-0.05, 0) is 119 Å². The average molecular weight is 533 g/mol. The van der Waals surface area contributed by atoms with Gasteiger partial charge in [0.15, 0.2) is 0 Å². The highest BCUT2D eigenvalue weighted by Crippen LogP contribution is 2.31. The van der Waals surface area contributed by atoms with E-state index in [4.69, 9.17) is 0 Å². The molecule has 0 fully saturated rings. The Morgan fingerprint density at radius 2 is 1.43 bits per heavy atom. The standard InChI is InChI=1S/C34H36N4O2/c1-16-12-10-11-13-25(16)30(31-21(6)17(2)26(35-31)14-28-19(4)23(8)33(39)37-28)32-22(7)18(3)27(36-32)15-29-20(5)24(9)34(40)38-29/h10-15,35-36H,1-9H3,(H,37,39)/b27-15+,28-14-,32-30-. The van der Waals surface area contributed by atoms with E-state index >= 15 is 0 Å². The Morgan fingerprint density at radius 3 is 2.02 bits per heavy atom. The van der Waals surface area contributed by atoms with Gasteiger partial charge in [0.1, 0.15) is 0 Å². The first-order chi connectivity index (χ1) is 18.9. The maximum absolute atomic E-state index is 12.2. The highest BCUT2D eigenvalue weighted by atomic mass is 16.2. The molecule has 0 aliphatic carbocycles. The van der Waals surface area contributed by atoms with Crippen LogP contribution in [0, 0.1) is 34.6 Å². The van der Waals surface area contributed by atoms with E-state index in [1.54, 1.807) is 0 Å². The van der Waals surface area contributed by atoms with Crippen LogP contribution in [0.25, 0.3) is 17.7 Å². The Balaban J connectivity index is 1.80. The summed E-state index contributed by atoms with van der Waals surface area (Å²) in [6, 6.07) is 8.40. The number of amides is 2. The molecular weight excluding hydrogens is 496 g/mol. The second-order valence-electron chi connectivity index (χ2n) is 11.0. The predicted molar refractivity (Wildman–Crippen MR) is 162 cm³/mol. The molecule has 0 saturated carbocycles. The molecule has 0 radical (unpaired) electrons. The molecule has 2 aliphatic rings. The average Bonchev–Trinajstić information content (AvgIpc) is 3.54. The van der Waals surface area contributed by atoms with E-state index in [1.165, 1.54) is 5.56 Å². The number of benzene rings is 1. The molecule has 0 atom stereocenters. The van der Waals surface area contributed by atoms with Gasteiger partial charge in [0.25, 0.3) is 11.8 Å². The van der Waals surface area contributed by atoms with Crippen LogP contribution < -0.4 is 16.0 Å². The highest BCUT2D eigenvalue weighted by molar-refractivity contribution is 6.30. The fourth-order valence-electron chi connectivity index (χ4n) is 5.34. The third-order valence-corrected chi connectivity index (χ3v) is 8.73. The molecule has 0 saturated heterocycles. The van der Waals surface area contributed by atoms with Crippen molar-refractivity contribution in [1.29, 1.82) is 0 Å². The van der Waals surface area contributed by atoms with Gasteiger partial charge in [-0.15, -0.1) is 0 Å². The number of hydrogen-bond acceptors (Lipinski definition) is 2. The second-order valence-corrected chi connectivity index (χ2v) is 11.0. The van der Waals surface area contributed by atoms with Gasteiger partial charge in [0.2, 0.25) is 0 Å². The van der Waals surface area contributed by atoms with Gasteiger partial charge in [-0.2, -0.15) is 0 Å². The van der Waals surface area contributed by atoms with Crippen LogP contribution in [0.3, 0.4) is 0 Å². The third kappa shape index (κ3) is 4.34. The molecule has 5 rings (SSSR count). The molecule has 0 spiro atoms. The van der Waals surface area contributed by atoms with Crippen LogP contribution in [0.4, 0.5) is 0 Å². The van der Waals surface area contributed by atoms with Crippen molar-refractivity contribution in [2.45, 2.75) is 62.3 Å². The SMILES string of the molecule is CC1=C(C)C(/C=c2/[nH]/c(=C(/c3ccccc3C)c3[nH]c(/C=C4\NC(=O)C(C)=C4C)c(C)c3C)c(C)c2C)=NC1=O. The number of aromatic nitrogens is 2. The number of hydrogen-bond donors (Lipinski definition) is 3. The number of aromatic amines is 2. The molecule has 3 aromatic rings. The van der Waals surface area contributed by atoms with Crippen LogP contribution in [0.1, 0.15) is 72.5 Å². The number of aliphatic imine (C=N–C) groups is 1. The first kappa shape index (κ1) is 27.1. The summed E-state index contributed by atoms with van der Waals surface area (Å²) in [6.07, 6.45) is 4.01. The number of H-pyrrole nitrogens is 2. The van der Waals surface area contributed by atoms with E-state index < -0.39 is 0 Å². The fraction of sp³-hybridized carbons (Fsp3) is 0.265. The minimum absolute atomic E-state index is 0.0489. The summed E-state index contributed by atoms with van der Waals surface area (Å²) in [7, 11) is 0. The van der Waals surface area contributed by atoms with Crippen LogP contribution in [-0.4, -0.2) is 27.5 Å². The molecule has 3 N–H and O–H groups in total. The van der Waals surface area contributed by atoms with Crippen molar-refractivity contribution in [2.24, 2.45) is 4.99 Å². The summed E-state index contributed by atoms with van der Waals surface area (Å²) >= 11 is 0. The largest absolute Gasteiger partial charge is 0.354 e. The maximum Gasteiger partial charge on any atom is 0.273 e. The maximum atomic E-state index is 12.2. The summed E-state index contributed by atoms with van der Waals surface area (Å²) < 4.78 is 0. The molecular formula is C34H36N4O2. The normalized spacial score (nSPS) is 18.0. The Morgan fingerprint density at radius 1 is 0.725 bits per heavy atom. The smallest absolute Gasteiger partial charge is 0.273 e. The summed E-state index contributed by atoms with van der Waals surface area (Å²) in [5.74, 6) is -0.220. The van der Waals surface area contributed by atoms with E-state index in [0.717, 1.165) is 77.9 Å². The lowest BCUT2D eigenvalue weighted by Crippen LogP contribution is -2.18. The number of nitrogens with one attached hydrogen (secondary N) is 3. The lowest BCUT2D eigenvalue weighted by atomic mass is 9.94. The highest BCUT2D eigenvalue weighted by Gasteiger charge is 2.23. The van der Waals surface area contributed by atoms with E-state index in [2.05, 4.69) is 79.2 Å². The van der Waals surface area contributed by atoms with Crippen LogP contribution >= 0.6 is 0 Å². The molecule has 4 heterocycles. The monoisotopic (exact) mass is 532 g/mol. The van der Waals surface area contributed by atoms with E-state index in [0.29, 0.717) is 11.3 Å². The number of aryl methyl sites for hydroxylation is 1. The molecule has 0 bridgehead atoms. The minimum atomic E-state index is -0.171. The lowest BCUT2D eigenvalue weighted by molar-refractivity contribution is -0.116. The topological polar surface area (TPSA) is 90.1 Å². The van der Waals surface area contributed by atoms with Crippen LogP contribution in [-0.2, 0) is 9.59 Å². The summed E-state index contributed by atoms with van der Waals surface area (Å²) in [4.78, 5) is 36.1. The second kappa shape index (κ2) is 9.94. The molecule has 1 aromatic carbocycles. The van der Waals surface area contributed by atoms with Crippen molar-refractivity contribution in [3.05, 3.63) is 108 Å². The Labute approximate surface area is 235 Å². The minimum Gasteiger partial charge on any atom is -0.354 e. The molecule has 40 heavy (non-hydrogen) atoms. The fourth-order valence-corrected chi connectivity index (χ4v) is 5.34. The van der Waals surface area contributed by atoms with Gasteiger partial charge in [-0.25, -0.2) is 4.99 Å². The summed E-state index contributed by atoms with van der Waals surface area (Å²) in [5, 5.41) is 4.95. The third-order valence-electron chi connectivity index (χ3n) is 8.73. The molecule has 2 aromatic heterocycles. The van der Waals surface area contributed by atoms with Gasteiger partial charge in [-0.3, -0.25) is 9.59 Å². The zero-order chi connectivity index (χ0) is 29.0. The number of carbonyl (C=O) groups is 2. The van der Waals surface area contributed by atoms with Crippen molar-refractivity contribution in [1.82, 2.24) is 15.3 Å². The van der Waals surface area contributed by atoms with Gasteiger partial charge < -0.3 is 15.3 Å². The van der Waals surface area contributed by atoms with Gasteiger partial charge in [0.05, 0.1) is 16.8 Å². The molecule has 204 valence electrons. The van der Waals surface area contributed by atoms with Gasteiger partial charge in [0, 0.05) is 33.5 Å². The van der Waals surface area contributed by atoms with Gasteiger partial charge in [-0.1, -0.05) is 24.3 Å². The van der Waals surface area contributed by atoms with Crippen molar-refractivity contribution >= 4 is 35.3 Å². The van der Waals surface area contributed by atoms with E-state index in [9.17, 15) is 9.59 Å². The number of carbonyl (C=O) groups excluding carboxylic acids is 2. The van der Waals surface area contributed by atoms with Crippen molar-refractivity contribution in [3.8, 4) is 0 Å². The number of allylic oxidation sites excluding steroid dienone is 2. The van der Waals surface area contributed by atoms with E-state index in [-0.39, 0.29) is 11.8 Å². The molecule has 2 aliphatic heterocycles. The van der Waals surface area contributed by atoms with Crippen molar-refractivity contribution in [3.63, 3.8) is 0 Å². The van der Waals surface area contributed by atoms with Gasteiger partial charge >= 0.3 is 0 Å². The number of nitrogens with zero attached hydrogens (tertiary/aromatic N) is 1. The predicted octanol–water partition coefficient (Wildman–Crippen LogP) is 5.04. The van der Waals surface area contributed by atoms with Crippen LogP contribution in [0.15, 0.2) is 57.2 Å². The van der Waals surface area contributed by atoms with Crippen molar-refractivity contribution < 1.29 is 9.59 Å². The zero-order valence-electron chi connectivity index (χ0n) is 24.7. The summed E-state index contributed by atoms with van der Waals surface area (Å²) in [5.41, 5.74) is 14.7. The van der Waals surface area contributed by atoms with Crippen molar-refractivity contribution in [2.75, 3.05) is 0 Å². The Kier molecular flexibility index (Phi) is 6.74. The lowest BCUT2D eigenvalue weighted by Gasteiger charge is -2.12. The molecule has 2 amide bonds. The Bertz CT molecular complexity index is 1880. The Hall–Kier alpha value is -4.45. The van der Waals surface area contributed by atoms with Crippen LogP contribution in [0.5, 0.6) is 0 Å². The molecule has 6 heteroatoms.